The Hall–Kier alpha value is -2.61. The number of aryl methyl sites for hydroxylation is 1. The largest absolute Gasteiger partial charge is 0.491 e. The summed E-state index contributed by atoms with van der Waals surface area (Å²) in [6.45, 7) is 10.0. The second kappa shape index (κ2) is 13.3. The van der Waals surface area contributed by atoms with Gasteiger partial charge in [0.1, 0.15) is 24.2 Å². The van der Waals surface area contributed by atoms with Crippen molar-refractivity contribution in [1.82, 2.24) is 9.80 Å². The van der Waals surface area contributed by atoms with Gasteiger partial charge in [0.25, 0.3) is 5.91 Å². The van der Waals surface area contributed by atoms with Gasteiger partial charge in [0.05, 0.1) is 12.7 Å². The smallest absolute Gasteiger partial charge is 0.260 e. The normalized spacial score (nSPS) is 17.4. The molecule has 1 aliphatic rings. The van der Waals surface area contributed by atoms with E-state index in [0.29, 0.717) is 44.5 Å². The SMILES string of the molecule is Cc1ccccc1OCC(O)CN1CCOC(CN(CC(C)C)C(=O)COc2ccccc2)C1. The van der Waals surface area contributed by atoms with Crippen molar-refractivity contribution in [3.63, 3.8) is 0 Å². The lowest BCUT2D eigenvalue weighted by molar-refractivity contribution is -0.137. The van der Waals surface area contributed by atoms with E-state index in [1.165, 1.54) is 0 Å². The second-order valence-electron chi connectivity index (χ2n) is 9.28. The van der Waals surface area contributed by atoms with Crippen LogP contribution in [-0.2, 0) is 9.53 Å². The number of amides is 1. The zero-order valence-corrected chi connectivity index (χ0v) is 20.6. The molecule has 34 heavy (non-hydrogen) atoms. The molecule has 0 radical (unpaired) electrons. The molecular weight excluding hydrogens is 432 g/mol. The van der Waals surface area contributed by atoms with Gasteiger partial charge in [-0.3, -0.25) is 9.69 Å². The van der Waals surface area contributed by atoms with Gasteiger partial charge < -0.3 is 24.2 Å². The fourth-order valence-corrected chi connectivity index (χ4v) is 4.03. The summed E-state index contributed by atoms with van der Waals surface area (Å²) in [5, 5.41) is 10.5. The molecule has 1 fully saturated rings. The van der Waals surface area contributed by atoms with Crippen LogP contribution < -0.4 is 9.47 Å². The molecule has 7 heteroatoms. The number of rotatable bonds is 12. The van der Waals surface area contributed by atoms with Gasteiger partial charge in [-0.1, -0.05) is 50.2 Å². The average Bonchev–Trinajstić information content (AvgIpc) is 2.82. The molecule has 1 aliphatic heterocycles. The number of aliphatic hydroxyl groups is 1. The van der Waals surface area contributed by atoms with E-state index in [9.17, 15) is 9.90 Å². The molecule has 1 amide bonds. The van der Waals surface area contributed by atoms with E-state index < -0.39 is 6.10 Å². The number of benzene rings is 2. The van der Waals surface area contributed by atoms with E-state index in [2.05, 4.69) is 18.7 Å². The van der Waals surface area contributed by atoms with E-state index in [1.54, 1.807) is 0 Å². The number of carbonyl (C=O) groups is 1. The van der Waals surface area contributed by atoms with Crippen molar-refractivity contribution >= 4 is 5.91 Å². The third-order valence-corrected chi connectivity index (χ3v) is 5.68. The lowest BCUT2D eigenvalue weighted by Crippen LogP contribution is -2.51. The van der Waals surface area contributed by atoms with Gasteiger partial charge >= 0.3 is 0 Å². The molecule has 0 aliphatic carbocycles. The molecular formula is C27H38N2O5. The van der Waals surface area contributed by atoms with Gasteiger partial charge in [-0.25, -0.2) is 0 Å². The summed E-state index contributed by atoms with van der Waals surface area (Å²) in [6.07, 6.45) is -0.719. The standard InChI is InChI=1S/C27H38N2O5/c1-21(2)15-29(27(31)20-33-24-10-5-4-6-11-24)18-25-17-28(13-14-32-25)16-23(30)19-34-26-12-8-7-9-22(26)3/h4-12,21,23,25,30H,13-20H2,1-3H3. The van der Waals surface area contributed by atoms with Crippen molar-refractivity contribution in [1.29, 1.82) is 0 Å². The first-order valence-corrected chi connectivity index (χ1v) is 12.1. The lowest BCUT2D eigenvalue weighted by atomic mass is 10.1. The van der Waals surface area contributed by atoms with Crippen LogP contribution in [0.4, 0.5) is 0 Å². The lowest BCUT2D eigenvalue weighted by Gasteiger charge is -2.37. The molecule has 2 aromatic rings. The van der Waals surface area contributed by atoms with Crippen LogP contribution in [-0.4, -0.2) is 85.6 Å². The number of hydrogen-bond acceptors (Lipinski definition) is 6. The van der Waals surface area contributed by atoms with Crippen LogP contribution in [0.3, 0.4) is 0 Å². The predicted octanol–water partition coefficient (Wildman–Crippen LogP) is 3.00. The third kappa shape index (κ3) is 8.63. The van der Waals surface area contributed by atoms with Crippen LogP contribution in [0.15, 0.2) is 54.6 Å². The maximum absolute atomic E-state index is 12.9. The Morgan fingerprint density at radius 2 is 1.88 bits per heavy atom. The molecule has 0 aromatic heterocycles. The van der Waals surface area contributed by atoms with Crippen molar-refractivity contribution in [2.45, 2.75) is 33.0 Å². The number of nitrogens with zero attached hydrogens (tertiary/aromatic N) is 2. The molecule has 1 N–H and O–H groups in total. The second-order valence-corrected chi connectivity index (χ2v) is 9.28. The van der Waals surface area contributed by atoms with Crippen molar-refractivity contribution in [2.75, 3.05) is 52.5 Å². The molecule has 7 nitrogen and oxygen atoms in total. The number of ether oxygens (including phenoxy) is 3. The zero-order valence-electron chi connectivity index (χ0n) is 20.6. The minimum absolute atomic E-state index is 0.00211. The monoisotopic (exact) mass is 470 g/mol. The quantitative estimate of drug-likeness (QED) is 0.514. The third-order valence-electron chi connectivity index (χ3n) is 5.68. The Bertz CT molecular complexity index is 876. The van der Waals surface area contributed by atoms with Crippen LogP contribution in [0.25, 0.3) is 0 Å². The Labute approximate surface area is 203 Å². The van der Waals surface area contributed by atoms with E-state index in [4.69, 9.17) is 14.2 Å². The first-order chi connectivity index (χ1) is 16.4. The van der Waals surface area contributed by atoms with Gasteiger partial charge in [-0.05, 0) is 36.6 Å². The highest BCUT2D eigenvalue weighted by molar-refractivity contribution is 5.77. The molecule has 0 bridgehead atoms. The van der Waals surface area contributed by atoms with Crippen LogP contribution >= 0.6 is 0 Å². The number of aliphatic hydroxyl groups excluding tert-OH is 1. The molecule has 2 aromatic carbocycles. The molecule has 1 saturated heterocycles. The van der Waals surface area contributed by atoms with Gasteiger partial charge in [-0.2, -0.15) is 0 Å². The van der Waals surface area contributed by atoms with Crippen molar-refractivity contribution < 1.29 is 24.1 Å². The molecule has 2 atom stereocenters. The van der Waals surface area contributed by atoms with Crippen LogP contribution in [0.5, 0.6) is 11.5 Å². The average molecular weight is 471 g/mol. The number of para-hydroxylation sites is 2. The highest BCUT2D eigenvalue weighted by atomic mass is 16.5. The summed E-state index contributed by atoms with van der Waals surface area (Å²) < 4.78 is 17.4. The van der Waals surface area contributed by atoms with E-state index >= 15 is 0 Å². The summed E-state index contributed by atoms with van der Waals surface area (Å²) in [4.78, 5) is 16.9. The fraction of sp³-hybridized carbons (Fsp3) is 0.519. The Balaban J connectivity index is 1.48. The van der Waals surface area contributed by atoms with Crippen LogP contribution in [0, 0.1) is 12.8 Å². The minimum atomic E-state index is -0.606. The summed E-state index contributed by atoms with van der Waals surface area (Å²) in [7, 11) is 0. The number of hydrogen-bond donors (Lipinski definition) is 1. The Morgan fingerprint density at radius 3 is 2.62 bits per heavy atom. The van der Waals surface area contributed by atoms with Crippen molar-refractivity contribution in [3.8, 4) is 11.5 Å². The maximum atomic E-state index is 12.9. The topological polar surface area (TPSA) is 71.5 Å². The highest BCUT2D eigenvalue weighted by Gasteiger charge is 2.27. The summed E-state index contributed by atoms with van der Waals surface area (Å²) in [5.41, 5.74) is 1.05. The zero-order chi connectivity index (χ0) is 24.3. The highest BCUT2D eigenvalue weighted by Crippen LogP contribution is 2.17. The number of morpholine rings is 1. The van der Waals surface area contributed by atoms with E-state index in [1.807, 2.05) is 66.4 Å². The van der Waals surface area contributed by atoms with Crippen LogP contribution in [0.1, 0.15) is 19.4 Å². The summed E-state index contributed by atoms with van der Waals surface area (Å²) >= 11 is 0. The summed E-state index contributed by atoms with van der Waals surface area (Å²) in [6, 6.07) is 17.2. The molecule has 186 valence electrons. The molecule has 2 unspecified atom stereocenters. The molecule has 0 spiro atoms. The molecule has 3 rings (SSSR count). The number of carbonyl (C=O) groups excluding carboxylic acids is 1. The van der Waals surface area contributed by atoms with Crippen LogP contribution in [0.2, 0.25) is 0 Å². The Kier molecular flexibility index (Phi) is 10.2. The first kappa shape index (κ1) is 26.0. The van der Waals surface area contributed by atoms with E-state index in [-0.39, 0.29) is 25.2 Å². The molecule has 0 saturated carbocycles. The molecule has 1 heterocycles. The van der Waals surface area contributed by atoms with E-state index in [0.717, 1.165) is 17.9 Å². The van der Waals surface area contributed by atoms with Crippen molar-refractivity contribution in [2.24, 2.45) is 5.92 Å². The Morgan fingerprint density at radius 1 is 1.15 bits per heavy atom. The maximum Gasteiger partial charge on any atom is 0.260 e. The number of β-amino-alcohol motifs (C(OH)–C–C–N with tert-alkyl or cyclic N) is 1. The predicted molar refractivity (Wildman–Crippen MR) is 132 cm³/mol. The van der Waals surface area contributed by atoms with Gasteiger partial charge in [0.15, 0.2) is 6.61 Å². The minimum Gasteiger partial charge on any atom is -0.491 e. The fourth-order valence-electron chi connectivity index (χ4n) is 4.03. The van der Waals surface area contributed by atoms with Gasteiger partial charge in [-0.15, -0.1) is 0 Å². The van der Waals surface area contributed by atoms with Gasteiger partial charge in [0, 0.05) is 32.7 Å². The van der Waals surface area contributed by atoms with Gasteiger partial charge in [0.2, 0.25) is 0 Å². The first-order valence-electron chi connectivity index (χ1n) is 12.1. The van der Waals surface area contributed by atoms with Crippen molar-refractivity contribution in [3.05, 3.63) is 60.2 Å². The summed E-state index contributed by atoms with van der Waals surface area (Å²) in [5.74, 6) is 1.76.